The average molecular weight is 194 g/mol. The zero-order valence-electron chi connectivity index (χ0n) is 5.51. The number of rotatable bonds is 2. The Bertz CT molecular complexity index is 105. The van der Waals surface area contributed by atoms with E-state index < -0.39 is 25.3 Å². The molecule has 0 aliphatic rings. The molecule has 0 amide bonds. The Kier molecular flexibility index (Phi) is 19.9. The van der Waals surface area contributed by atoms with Crippen molar-refractivity contribution in [3.8, 4) is 0 Å². The summed E-state index contributed by atoms with van der Waals surface area (Å²) in [5, 5.41) is 17.8. The Labute approximate surface area is 91.2 Å². The normalized spacial score (nSPS) is 6.73. The summed E-state index contributed by atoms with van der Waals surface area (Å²) in [6.45, 7) is -2.78. The third-order valence-corrected chi connectivity index (χ3v) is 0.218. The van der Waals surface area contributed by atoms with Crippen LogP contribution in [0.4, 0.5) is 8.78 Å². The van der Waals surface area contributed by atoms with E-state index in [9.17, 15) is 8.78 Å². The smallest absolute Gasteiger partial charge is 0.547 e. The number of carboxylic acid groups (broad SMARTS) is 2. The second kappa shape index (κ2) is 12.7. The molecule has 0 saturated carbocycles. The summed E-state index contributed by atoms with van der Waals surface area (Å²) in [6.07, 6.45) is 0. The number of hydrogen-bond donors (Lipinski definition) is 0. The van der Waals surface area contributed by atoms with Crippen molar-refractivity contribution in [3.63, 3.8) is 0 Å². The number of hydrogen-bond acceptors (Lipinski definition) is 4. The molecule has 7 heteroatoms. The number of carboxylic acids is 2. The van der Waals surface area contributed by atoms with E-state index in [-0.39, 0.29) is 37.7 Å². The number of alkyl halides is 2. The molecule has 0 N–H and O–H groups in total. The first-order valence-corrected chi connectivity index (χ1v) is 2.06. The van der Waals surface area contributed by atoms with E-state index in [1.165, 1.54) is 0 Å². The molecular formula is C4H4CaF2O4. The number of aliphatic carboxylic acids is 2. The summed E-state index contributed by atoms with van der Waals surface area (Å²) in [4.78, 5) is 17.8. The predicted molar refractivity (Wildman–Crippen MR) is 27.7 cm³/mol. The maximum Gasteiger partial charge on any atom is 2.00 e. The van der Waals surface area contributed by atoms with Crippen LogP contribution in [0.3, 0.4) is 0 Å². The van der Waals surface area contributed by atoms with Gasteiger partial charge in [-0.05, 0) is 0 Å². The fraction of sp³-hybridized carbons (Fsp3) is 0.500. The van der Waals surface area contributed by atoms with E-state index >= 15 is 0 Å². The molecule has 0 aliphatic carbocycles. The van der Waals surface area contributed by atoms with Crippen LogP contribution in [0.25, 0.3) is 0 Å². The van der Waals surface area contributed by atoms with Crippen molar-refractivity contribution < 1.29 is 28.6 Å². The van der Waals surface area contributed by atoms with Crippen LogP contribution in [-0.4, -0.2) is 63.0 Å². The summed E-state index contributed by atoms with van der Waals surface area (Å²) in [5.41, 5.74) is 0. The molecule has 0 radical (unpaired) electrons. The molecule has 0 aromatic heterocycles. The van der Waals surface area contributed by atoms with Gasteiger partial charge < -0.3 is 19.8 Å². The van der Waals surface area contributed by atoms with Gasteiger partial charge in [0.25, 0.3) is 0 Å². The molecule has 0 heterocycles. The largest absolute Gasteiger partial charge is 2.00 e. The molecule has 0 aromatic rings. The predicted octanol–water partition coefficient (Wildman–Crippen LogP) is -2.97. The molecular weight excluding hydrogens is 190 g/mol. The van der Waals surface area contributed by atoms with Gasteiger partial charge in [0.2, 0.25) is 0 Å². The molecule has 4 nitrogen and oxygen atoms in total. The Morgan fingerprint density at radius 1 is 1.00 bits per heavy atom. The first kappa shape index (κ1) is 17.2. The number of carbonyl (C=O) groups is 2. The first-order chi connectivity index (χ1) is 4.54. The van der Waals surface area contributed by atoms with Gasteiger partial charge in [0.05, 0.1) is 11.9 Å². The van der Waals surface area contributed by atoms with Gasteiger partial charge in [-0.15, -0.1) is 0 Å². The summed E-state index contributed by atoms with van der Waals surface area (Å²) in [7, 11) is 0. The van der Waals surface area contributed by atoms with Crippen LogP contribution in [0, 0.1) is 0 Å². The molecule has 0 aromatic carbocycles. The van der Waals surface area contributed by atoms with Crippen molar-refractivity contribution in [1.29, 1.82) is 0 Å². The van der Waals surface area contributed by atoms with Gasteiger partial charge in [-0.25, -0.2) is 8.78 Å². The van der Waals surface area contributed by atoms with Gasteiger partial charge in [-0.3, -0.25) is 0 Å². The quantitative estimate of drug-likeness (QED) is 0.439. The molecule has 0 saturated heterocycles. The average Bonchev–Trinajstić information content (AvgIpc) is 1.89. The second-order valence-corrected chi connectivity index (χ2v) is 1.01. The SMILES string of the molecule is O=C([O-])CF.O=C([O-])CF.[Ca+2]. The van der Waals surface area contributed by atoms with Crippen LogP contribution in [0.1, 0.15) is 0 Å². The monoisotopic (exact) mass is 194 g/mol. The second-order valence-electron chi connectivity index (χ2n) is 1.01. The van der Waals surface area contributed by atoms with Crippen LogP contribution in [0.2, 0.25) is 0 Å². The molecule has 0 spiro atoms. The van der Waals surface area contributed by atoms with Crippen LogP contribution in [-0.2, 0) is 9.59 Å². The fourth-order valence-electron chi connectivity index (χ4n) is 0. The van der Waals surface area contributed by atoms with Crippen molar-refractivity contribution in [1.82, 2.24) is 0 Å². The Hall–Kier alpha value is 0.0597. The standard InChI is InChI=1S/2C2H3FO2.Ca/c2*3-1-2(4)5;/h2*1H2,(H,4,5);/q;;+2/p-2. The summed E-state index contributed by atoms with van der Waals surface area (Å²) in [5.74, 6) is -3.32. The topological polar surface area (TPSA) is 80.3 Å². The summed E-state index contributed by atoms with van der Waals surface area (Å²) < 4.78 is 20.9. The van der Waals surface area contributed by atoms with Crippen LogP contribution >= 0.6 is 0 Å². The van der Waals surface area contributed by atoms with Crippen molar-refractivity contribution in [3.05, 3.63) is 0 Å². The van der Waals surface area contributed by atoms with E-state index in [1.54, 1.807) is 0 Å². The van der Waals surface area contributed by atoms with Crippen LogP contribution in [0.15, 0.2) is 0 Å². The van der Waals surface area contributed by atoms with Crippen LogP contribution < -0.4 is 10.2 Å². The Morgan fingerprint density at radius 2 is 1.09 bits per heavy atom. The maximum atomic E-state index is 10.5. The van der Waals surface area contributed by atoms with Gasteiger partial charge in [-0.1, -0.05) is 0 Å². The van der Waals surface area contributed by atoms with E-state index in [4.69, 9.17) is 19.8 Å². The van der Waals surface area contributed by atoms with E-state index in [0.717, 1.165) is 0 Å². The minimum absolute atomic E-state index is 0. The molecule has 0 aliphatic heterocycles. The van der Waals surface area contributed by atoms with E-state index in [2.05, 4.69) is 0 Å². The van der Waals surface area contributed by atoms with Gasteiger partial charge in [0, 0.05) is 0 Å². The van der Waals surface area contributed by atoms with Crippen molar-refractivity contribution >= 4 is 49.7 Å². The Balaban J connectivity index is -0.000000107. The van der Waals surface area contributed by atoms with E-state index in [1.807, 2.05) is 0 Å². The molecule has 11 heavy (non-hydrogen) atoms. The molecule has 0 bridgehead atoms. The zero-order chi connectivity index (χ0) is 8.57. The minimum Gasteiger partial charge on any atom is -0.547 e. The van der Waals surface area contributed by atoms with Gasteiger partial charge in [0.1, 0.15) is 13.3 Å². The molecule has 0 fully saturated rings. The molecule has 0 unspecified atom stereocenters. The third kappa shape index (κ3) is 39.6. The maximum absolute atomic E-state index is 10.5. The molecule has 0 atom stereocenters. The van der Waals surface area contributed by atoms with E-state index in [0.29, 0.717) is 0 Å². The van der Waals surface area contributed by atoms with Gasteiger partial charge in [-0.2, -0.15) is 0 Å². The summed E-state index contributed by atoms with van der Waals surface area (Å²) >= 11 is 0. The number of halogens is 2. The third-order valence-electron chi connectivity index (χ3n) is 0.218. The van der Waals surface area contributed by atoms with Gasteiger partial charge in [0.15, 0.2) is 0 Å². The molecule has 0 rings (SSSR count). The molecule has 60 valence electrons. The zero-order valence-corrected chi connectivity index (χ0v) is 7.72. The van der Waals surface area contributed by atoms with Crippen molar-refractivity contribution in [2.24, 2.45) is 0 Å². The van der Waals surface area contributed by atoms with Crippen LogP contribution in [0.5, 0.6) is 0 Å². The van der Waals surface area contributed by atoms with Crippen molar-refractivity contribution in [2.45, 2.75) is 0 Å². The first-order valence-electron chi connectivity index (χ1n) is 2.06. The minimum atomic E-state index is -1.66. The Morgan fingerprint density at radius 3 is 1.09 bits per heavy atom. The summed E-state index contributed by atoms with van der Waals surface area (Å²) in [6, 6.07) is 0. The van der Waals surface area contributed by atoms with Crippen molar-refractivity contribution in [2.75, 3.05) is 13.3 Å². The number of carbonyl (C=O) groups excluding carboxylic acids is 2. The fourth-order valence-corrected chi connectivity index (χ4v) is 0. The van der Waals surface area contributed by atoms with Gasteiger partial charge >= 0.3 is 37.7 Å².